The van der Waals surface area contributed by atoms with Crippen LogP contribution in [0.4, 0.5) is 0 Å². The molecule has 0 saturated carbocycles. The van der Waals surface area contributed by atoms with Crippen molar-refractivity contribution in [1.29, 1.82) is 0 Å². The van der Waals surface area contributed by atoms with Crippen LogP contribution in [-0.4, -0.2) is 17.6 Å². The van der Waals surface area contributed by atoms with Crippen molar-refractivity contribution in [2.24, 2.45) is 0 Å². The Morgan fingerprint density at radius 3 is 2.80 bits per heavy atom. The highest BCUT2D eigenvalue weighted by atomic mass is 32.1. The molecule has 2 rings (SSSR count). The van der Waals surface area contributed by atoms with Crippen LogP contribution in [0, 0.1) is 0 Å². The molecule has 0 fully saturated rings. The summed E-state index contributed by atoms with van der Waals surface area (Å²) in [5, 5.41) is 4.45. The number of rotatable bonds is 6. The van der Waals surface area contributed by atoms with E-state index in [9.17, 15) is 0 Å². The van der Waals surface area contributed by atoms with Crippen LogP contribution in [0.2, 0.25) is 0 Å². The number of hydrogen-bond acceptors (Lipinski definition) is 4. The van der Waals surface area contributed by atoms with E-state index in [0.717, 1.165) is 22.9 Å². The second kappa shape index (κ2) is 6.86. The average Bonchev–Trinajstić information content (AvgIpc) is 2.88. The van der Waals surface area contributed by atoms with E-state index in [0.29, 0.717) is 6.04 Å². The smallest absolute Gasteiger partial charge is 0.123 e. The van der Waals surface area contributed by atoms with E-state index in [-0.39, 0.29) is 6.10 Å². The fourth-order valence-electron chi connectivity index (χ4n) is 2.00. The van der Waals surface area contributed by atoms with Crippen LogP contribution in [-0.2, 0) is 0 Å². The molecular formula is C16H22N2OS. The minimum atomic E-state index is 0.186. The normalized spacial score (nSPS) is 12.7. The third-order valence-electron chi connectivity index (χ3n) is 2.91. The number of nitrogens with zero attached hydrogens (tertiary/aromatic N) is 1. The summed E-state index contributed by atoms with van der Waals surface area (Å²) in [6, 6.07) is 8.48. The predicted octanol–water partition coefficient (Wildman–Crippen LogP) is 4.27. The minimum absolute atomic E-state index is 0.186. The van der Waals surface area contributed by atoms with Crippen LogP contribution in [0.15, 0.2) is 30.5 Å². The number of thiazole rings is 1. The number of nitrogens with one attached hydrogen (secondary N) is 1. The van der Waals surface area contributed by atoms with Crippen LogP contribution < -0.4 is 10.1 Å². The van der Waals surface area contributed by atoms with Crippen molar-refractivity contribution < 1.29 is 4.74 Å². The van der Waals surface area contributed by atoms with Crippen LogP contribution in [0.1, 0.15) is 38.6 Å². The summed E-state index contributed by atoms with van der Waals surface area (Å²) in [5.41, 5.74) is 1.11. The zero-order valence-corrected chi connectivity index (χ0v) is 13.3. The van der Waals surface area contributed by atoms with Gasteiger partial charge < -0.3 is 10.1 Å². The lowest BCUT2D eigenvalue weighted by atomic mass is 10.2. The maximum Gasteiger partial charge on any atom is 0.123 e. The summed E-state index contributed by atoms with van der Waals surface area (Å²) in [4.78, 5) is 5.79. The molecule has 0 saturated heterocycles. The molecule has 0 radical (unpaired) electrons. The fourth-order valence-corrected chi connectivity index (χ4v) is 2.94. The molecule has 0 amide bonds. The highest BCUT2D eigenvalue weighted by molar-refractivity contribution is 7.15. The molecule has 108 valence electrons. The lowest BCUT2D eigenvalue weighted by Gasteiger charge is -2.10. The fraction of sp³-hybridized carbons (Fsp3) is 0.438. The van der Waals surface area contributed by atoms with E-state index < -0.39 is 0 Å². The maximum absolute atomic E-state index is 5.73. The summed E-state index contributed by atoms with van der Waals surface area (Å²) >= 11 is 1.73. The molecule has 1 unspecified atom stereocenters. The summed E-state index contributed by atoms with van der Waals surface area (Å²) < 4.78 is 5.73. The van der Waals surface area contributed by atoms with Crippen LogP contribution in [0.3, 0.4) is 0 Å². The van der Waals surface area contributed by atoms with Crippen molar-refractivity contribution in [2.75, 3.05) is 6.54 Å². The molecule has 1 aromatic carbocycles. The van der Waals surface area contributed by atoms with Crippen molar-refractivity contribution in [1.82, 2.24) is 10.3 Å². The van der Waals surface area contributed by atoms with Gasteiger partial charge in [-0.15, -0.1) is 11.3 Å². The lowest BCUT2D eigenvalue weighted by molar-refractivity contribution is 0.242. The molecule has 2 aromatic rings. The van der Waals surface area contributed by atoms with E-state index >= 15 is 0 Å². The Labute approximate surface area is 125 Å². The van der Waals surface area contributed by atoms with Gasteiger partial charge in [0.25, 0.3) is 0 Å². The molecule has 0 bridgehead atoms. The van der Waals surface area contributed by atoms with Crippen molar-refractivity contribution in [3.63, 3.8) is 0 Å². The summed E-state index contributed by atoms with van der Waals surface area (Å²) in [5.74, 6) is 0.897. The molecule has 3 nitrogen and oxygen atoms in total. The molecule has 4 heteroatoms. The highest BCUT2D eigenvalue weighted by Gasteiger charge is 2.10. The van der Waals surface area contributed by atoms with Gasteiger partial charge in [-0.3, -0.25) is 0 Å². The van der Waals surface area contributed by atoms with Gasteiger partial charge in [0.1, 0.15) is 10.8 Å². The monoisotopic (exact) mass is 290 g/mol. The SMILES string of the molecule is CCNC(C)c1cnc(-c2cccc(OC(C)C)c2)s1. The Morgan fingerprint density at radius 2 is 2.10 bits per heavy atom. The summed E-state index contributed by atoms with van der Waals surface area (Å²) in [7, 11) is 0. The average molecular weight is 290 g/mol. The van der Waals surface area contributed by atoms with E-state index in [1.54, 1.807) is 11.3 Å². The standard InChI is InChI=1S/C16H22N2OS/c1-5-17-12(4)15-10-18-16(20-15)13-7-6-8-14(9-13)19-11(2)3/h6-12,17H,5H2,1-4H3. The zero-order valence-electron chi connectivity index (χ0n) is 12.5. The number of ether oxygens (including phenoxy) is 1. The van der Waals surface area contributed by atoms with Gasteiger partial charge in [-0.25, -0.2) is 4.98 Å². The van der Waals surface area contributed by atoms with Gasteiger partial charge in [-0.1, -0.05) is 19.1 Å². The van der Waals surface area contributed by atoms with Crippen LogP contribution >= 0.6 is 11.3 Å². The van der Waals surface area contributed by atoms with Gasteiger partial charge in [0, 0.05) is 22.7 Å². The second-order valence-corrected chi connectivity index (χ2v) is 6.10. The highest BCUT2D eigenvalue weighted by Crippen LogP contribution is 2.30. The number of benzene rings is 1. The Hall–Kier alpha value is -1.39. The van der Waals surface area contributed by atoms with Crippen molar-refractivity contribution in [2.45, 2.75) is 39.8 Å². The first-order valence-electron chi connectivity index (χ1n) is 7.06. The van der Waals surface area contributed by atoms with Gasteiger partial charge in [0.2, 0.25) is 0 Å². The van der Waals surface area contributed by atoms with Crippen molar-refractivity contribution >= 4 is 11.3 Å². The summed E-state index contributed by atoms with van der Waals surface area (Å²) in [6.07, 6.45) is 2.15. The van der Waals surface area contributed by atoms with Gasteiger partial charge >= 0.3 is 0 Å². The van der Waals surface area contributed by atoms with E-state index in [1.807, 2.05) is 32.2 Å². The minimum Gasteiger partial charge on any atom is -0.491 e. The Morgan fingerprint density at radius 1 is 1.30 bits per heavy atom. The topological polar surface area (TPSA) is 34.2 Å². The number of aromatic nitrogens is 1. The molecule has 0 aliphatic heterocycles. The third-order valence-corrected chi connectivity index (χ3v) is 4.14. The first-order chi connectivity index (χ1) is 9.60. The Bertz CT molecular complexity index is 551. The first kappa shape index (κ1) is 15.0. The van der Waals surface area contributed by atoms with Crippen LogP contribution in [0.25, 0.3) is 10.6 Å². The molecule has 1 N–H and O–H groups in total. The molecule has 1 heterocycles. The van der Waals surface area contributed by atoms with Crippen LogP contribution in [0.5, 0.6) is 5.75 Å². The molecule has 0 aliphatic carbocycles. The third kappa shape index (κ3) is 3.81. The van der Waals surface area contributed by atoms with Crippen molar-refractivity contribution in [3.05, 3.63) is 35.3 Å². The molecule has 20 heavy (non-hydrogen) atoms. The molecule has 0 aliphatic rings. The number of hydrogen-bond donors (Lipinski definition) is 1. The van der Waals surface area contributed by atoms with Gasteiger partial charge in [0.15, 0.2) is 0 Å². The Balaban J connectivity index is 2.19. The van der Waals surface area contributed by atoms with E-state index in [4.69, 9.17) is 4.74 Å². The quantitative estimate of drug-likeness (QED) is 0.862. The van der Waals surface area contributed by atoms with E-state index in [2.05, 4.69) is 36.3 Å². The summed E-state index contributed by atoms with van der Waals surface area (Å²) in [6.45, 7) is 9.31. The molecular weight excluding hydrogens is 268 g/mol. The Kier molecular flexibility index (Phi) is 5.15. The molecule has 1 aromatic heterocycles. The molecule has 1 atom stereocenters. The first-order valence-corrected chi connectivity index (χ1v) is 7.88. The zero-order chi connectivity index (χ0) is 14.5. The van der Waals surface area contributed by atoms with Gasteiger partial charge in [-0.05, 0) is 39.4 Å². The van der Waals surface area contributed by atoms with E-state index in [1.165, 1.54) is 4.88 Å². The molecule has 0 spiro atoms. The van der Waals surface area contributed by atoms with Gasteiger partial charge in [-0.2, -0.15) is 0 Å². The van der Waals surface area contributed by atoms with Gasteiger partial charge in [0.05, 0.1) is 6.10 Å². The largest absolute Gasteiger partial charge is 0.491 e. The maximum atomic E-state index is 5.73. The lowest BCUT2D eigenvalue weighted by Crippen LogP contribution is -2.16. The van der Waals surface area contributed by atoms with Crippen molar-refractivity contribution in [3.8, 4) is 16.3 Å². The predicted molar refractivity (Wildman–Crippen MR) is 85.4 cm³/mol. The second-order valence-electron chi connectivity index (χ2n) is 5.04.